The van der Waals surface area contributed by atoms with Crippen LogP contribution in [0.2, 0.25) is 10.0 Å². The highest BCUT2D eigenvalue weighted by Gasteiger charge is 2.15. The van der Waals surface area contributed by atoms with Crippen molar-refractivity contribution in [3.8, 4) is 0 Å². The molecule has 1 heterocycles. The molecule has 3 rings (SSSR count). The lowest BCUT2D eigenvalue weighted by molar-refractivity contribution is 0.102. The van der Waals surface area contributed by atoms with Crippen molar-refractivity contribution in [3.63, 3.8) is 0 Å². The van der Waals surface area contributed by atoms with E-state index in [4.69, 9.17) is 27.6 Å². The summed E-state index contributed by atoms with van der Waals surface area (Å²) in [6.07, 6.45) is 0. The van der Waals surface area contributed by atoms with E-state index in [1.165, 1.54) is 12.1 Å². The van der Waals surface area contributed by atoms with E-state index in [0.717, 1.165) is 5.56 Å². The van der Waals surface area contributed by atoms with Gasteiger partial charge in [-0.3, -0.25) is 4.79 Å². The zero-order chi connectivity index (χ0) is 16.6. The summed E-state index contributed by atoms with van der Waals surface area (Å²) in [6.45, 7) is 1.83. The van der Waals surface area contributed by atoms with Crippen molar-refractivity contribution in [3.05, 3.63) is 74.1 Å². The van der Waals surface area contributed by atoms with Gasteiger partial charge in [-0.25, -0.2) is 4.79 Å². The molecule has 0 radical (unpaired) electrons. The van der Waals surface area contributed by atoms with Gasteiger partial charge in [-0.2, -0.15) is 0 Å². The molecule has 1 N–H and O–H groups in total. The number of hydrogen-bond acceptors (Lipinski definition) is 3. The molecule has 4 nitrogen and oxygen atoms in total. The molecule has 3 aromatic rings. The second-order valence-electron chi connectivity index (χ2n) is 5.02. The molecule has 116 valence electrons. The molecule has 1 aromatic heterocycles. The smallest absolute Gasteiger partial charge is 0.349 e. The van der Waals surface area contributed by atoms with Crippen LogP contribution in [-0.2, 0) is 0 Å². The number of rotatable bonds is 2. The van der Waals surface area contributed by atoms with E-state index in [1.54, 1.807) is 18.2 Å². The molecular weight excluding hydrogens is 337 g/mol. The van der Waals surface area contributed by atoms with Crippen molar-refractivity contribution < 1.29 is 9.21 Å². The number of aryl methyl sites for hydroxylation is 1. The van der Waals surface area contributed by atoms with E-state index in [1.807, 2.05) is 19.1 Å². The molecule has 0 spiro atoms. The molecule has 0 unspecified atom stereocenters. The molecule has 0 saturated heterocycles. The molecule has 0 aliphatic rings. The van der Waals surface area contributed by atoms with Crippen molar-refractivity contribution in [2.24, 2.45) is 0 Å². The maximum absolute atomic E-state index is 12.3. The summed E-state index contributed by atoms with van der Waals surface area (Å²) in [5, 5.41) is 4.00. The van der Waals surface area contributed by atoms with Crippen molar-refractivity contribution in [2.75, 3.05) is 5.32 Å². The van der Waals surface area contributed by atoms with Crippen molar-refractivity contribution >= 4 is 45.8 Å². The Morgan fingerprint density at radius 2 is 1.91 bits per heavy atom. The zero-order valence-electron chi connectivity index (χ0n) is 12.0. The van der Waals surface area contributed by atoms with E-state index in [2.05, 4.69) is 5.32 Å². The molecule has 0 atom stereocenters. The highest BCUT2D eigenvalue weighted by Crippen LogP contribution is 2.26. The molecule has 2 aromatic carbocycles. The first-order valence-electron chi connectivity index (χ1n) is 6.75. The van der Waals surface area contributed by atoms with Gasteiger partial charge in [-0.15, -0.1) is 0 Å². The first-order chi connectivity index (χ1) is 11.0. The number of nitrogens with one attached hydrogen (secondary N) is 1. The molecule has 23 heavy (non-hydrogen) atoms. The Hall–Kier alpha value is -2.30. The lowest BCUT2D eigenvalue weighted by Gasteiger charge is -2.08. The van der Waals surface area contributed by atoms with Gasteiger partial charge < -0.3 is 9.73 Å². The van der Waals surface area contributed by atoms with E-state index in [-0.39, 0.29) is 10.6 Å². The summed E-state index contributed by atoms with van der Waals surface area (Å²) in [7, 11) is 0. The third-order valence-electron chi connectivity index (χ3n) is 3.38. The summed E-state index contributed by atoms with van der Waals surface area (Å²) in [5.41, 5.74) is 0.874. The van der Waals surface area contributed by atoms with Crippen molar-refractivity contribution in [1.29, 1.82) is 0 Å². The van der Waals surface area contributed by atoms with Crippen LogP contribution in [0.15, 0.2) is 51.7 Å². The van der Waals surface area contributed by atoms with Crippen molar-refractivity contribution in [2.45, 2.75) is 6.92 Å². The number of anilines is 1. The number of amides is 1. The van der Waals surface area contributed by atoms with Gasteiger partial charge in [-0.05, 0) is 36.8 Å². The predicted octanol–water partition coefficient (Wildman–Crippen LogP) is 4.66. The number of carbonyl (C=O) groups is 1. The Bertz CT molecular complexity index is 979. The molecule has 0 bridgehead atoms. The van der Waals surface area contributed by atoms with E-state index in [9.17, 15) is 9.59 Å². The number of halogens is 2. The molecular formula is C17H11Cl2NO3. The third-order valence-corrected chi connectivity index (χ3v) is 3.93. The van der Waals surface area contributed by atoms with Crippen LogP contribution in [0.4, 0.5) is 5.69 Å². The molecule has 0 fully saturated rings. The highest BCUT2D eigenvalue weighted by molar-refractivity contribution is 6.36. The minimum Gasteiger partial charge on any atom is -0.422 e. The number of benzene rings is 2. The normalized spacial score (nSPS) is 10.7. The summed E-state index contributed by atoms with van der Waals surface area (Å²) in [6, 6.07) is 11.6. The minimum atomic E-state index is -0.700. The van der Waals surface area contributed by atoms with Crippen LogP contribution in [0.25, 0.3) is 11.0 Å². The van der Waals surface area contributed by atoms with Crippen LogP contribution < -0.4 is 10.9 Å². The summed E-state index contributed by atoms with van der Waals surface area (Å²) < 4.78 is 5.26. The largest absolute Gasteiger partial charge is 0.422 e. The molecule has 0 aliphatic heterocycles. The van der Waals surface area contributed by atoms with Crippen LogP contribution in [0.3, 0.4) is 0 Å². The summed E-state index contributed by atoms with van der Waals surface area (Å²) in [4.78, 5) is 24.4. The van der Waals surface area contributed by atoms with E-state index in [0.29, 0.717) is 21.7 Å². The average molecular weight is 348 g/mol. The van der Waals surface area contributed by atoms with Gasteiger partial charge in [0.2, 0.25) is 0 Å². The first-order valence-corrected chi connectivity index (χ1v) is 7.51. The van der Waals surface area contributed by atoms with Gasteiger partial charge in [-0.1, -0.05) is 41.4 Å². The summed E-state index contributed by atoms with van der Waals surface area (Å²) >= 11 is 11.8. The number of hydrogen-bond donors (Lipinski definition) is 1. The maximum Gasteiger partial charge on any atom is 0.349 e. The standard InChI is InChI=1S/C17H11Cl2NO3/c1-9-3-2-4-10-7-12(17(22)23-15(9)10)16(21)20-14-6-5-11(18)8-13(14)19/h2-8H,1H3,(H,20,21). The quantitative estimate of drug-likeness (QED) is 0.685. The first kappa shape index (κ1) is 15.6. The number of carbonyl (C=O) groups excluding carboxylic acids is 1. The Balaban J connectivity index is 2.01. The molecule has 1 amide bonds. The third kappa shape index (κ3) is 3.09. The minimum absolute atomic E-state index is 0.0888. The molecule has 0 aliphatic carbocycles. The fourth-order valence-electron chi connectivity index (χ4n) is 2.23. The van der Waals surface area contributed by atoms with Gasteiger partial charge in [0, 0.05) is 10.4 Å². The highest BCUT2D eigenvalue weighted by atomic mass is 35.5. The van der Waals surface area contributed by atoms with Crippen LogP contribution in [0, 0.1) is 6.92 Å². The van der Waals surface area contributed by atoms with Crippen LogP contribution in [0.1, 0.15) is 15.9 Å². The molecule has 6 heteroatoms. The van der Waals surface area contributed by atoms with Gasteiger partial charge in [0.05, 0.1) is 10.7 Å². The van der Waals surface area contributed by atoms with Gasteiger partial charge in [0.15, 0.2) is 0 Å². The lowest BCUT2D eigenvalue weighted by Crippen LogP contribution is -2.20. The number of fused-ring (bicyclic) bond motifs is 1. The topological polar surface area (TPSA) is 59.3 Å². The lowest BCUT2D eigenvalue weighted by atomic mass is 10.1. The number of para-hydroxylation sites is 1. The Morgan fingerprint density at radius 1 is 1.13 bits per heavy atom. The average Bonchev–Trinajstić information content (AvgIpc) is 2.50. The van der Waals surface area contributed by atoms with Crippen LogP contribution in [-0.4, -0.2) is 5.91 Å². The Labute approximate surface area is 141 Å². The SMILES string of the molecule is Cc1cccc2cc(C(=O)Nc3ccc(Cl)cc3Cl)c(=O)oc12. The van der Waals surface area contributed by atoms with E-state index < -0.39 is 11.5 Å². The van der Waals surface area contributed by atoms with Gasteiger partial charge in [0.25, 0.3) is 5.91 Å². The van der Waals surface area contributed by atoms with Crippen molar-refractivity contribution in [1.82, 2.24) is 0 Å². The maximum atomic E-state index is 12.3. The fraction of sp³-hybridized carbons (Fsp3) is 0.0588. The Morgan fingerprint density at radius 3 is 2.65 bits per heavy atom. The monoisotopic (exact) mass is 347 g/mol. The predicted molar refractivity (Wildman–Crippen MR) is 91.6 cm³/mol. The van der Waals surface area contributed by atoms with Gasteiger partial charge >= 0.3 is 5.63 Å². The van der Waals surface area contributed by atoms with Gasteiger partial charge in [0.1, 0.15) is 11.1 Å². The van der Waals surface area contributed by atoms with Crippen LogP contribution >= 0.6 is 23.2 Å². The zero-order valence-corrected chi connectivity index (χ0v) is 13.5. The Kier molecular flexibility index (Phi) is 4.11. The fourth-order valence-corrected chi connectivity index (χ4v) is 2.68. The van der Waals surface area contributed by atoms with E-state index >= 15 is 0 Å². The van der Waals surface area contributed by atoms with Crippen LogP contribution in [0.5, 0.6) is 0 Å². The second-order valence-corrected chi connectivity index (χ2v) is 5.86. The summed E-state index contributed by atoms with van der Waals surface area (Å²) in [5.74, 6) is -0.591. The second kappa shape index (κ2) is 6.07. The molecule has 0 saturated carbocycles.